The highest BCUT2D eigenvalue weighted by molar-refractivity contribution is 6.11. The van der Waals surface area contributed by atoms with Gasteiger partial charge in [0, 0.05) is 17.8 Å². The lowest BCUT2D eigenvalue weighted by Gasteiger charge is -2.17. The number of aliphatic hydroxyl groups excluding tert-OH is 1. The Labute approximate surface area is 143 Å². The molecular formula is C17H15N5O3. The van der Waals surface area contributed by atoms with Crippen LogP contribution in [-0.4, -0.2) is 38.3 Å². The van der Waals surface area contributed by atoms with Crippen LogP contribution in [0.1, 0.15) is 27.8 Å². The van der Waals surface area contributed by atoms with E-state index in [1.54, 1.807) is 37.7 Å². The predicted molar refractivity (Wildman–Crippen MR) is 89.1 cm³/mol. The minimum absolute atomic E-state index is 0.313. The molecule has 1 atom stereocenters. The zero-order valence-electron chi connectivity index (χ0n) is 13.6. The summed E-state index contributed by atoms with van der Waals surface area (Å²) in [7, 11) is 1.56. The van der Waals surface area contributed by atoms with Crippen molar-refractivity contribution in [2.24, 2.45) is 0 Å². The number of methoxy groups -OCH3 is 1. The zero-order valence-corrected chi connectivity index (χ0v) is 13.6. The molecule has 8 heteroatoms. The molecule has 0 saturated heterocycles. The van der Waals surface area contributed by atoms with E-state index in [1.807, 2.05) is 6.92 Å². The largest absolute Gasteiger partial charge is 0.495 e. The number of amides is 1. The van der Waals surface area contributed by atoms with E-state index in [1.165, 1.54) is 11.1 Å². The molecule has 126 valence electrons. The maximum Gasteiger partial charge on any atom is 0.264 e. The minimum Gasteiger partial charge on any atom is -0.495 e. The van der Waals surface area contributed by atoms with Gasteiger partial charge < -0.3 is 9.84 Å². The summed E-state index contributed by atoms with van der Waals surface area (Å²) in [6.07, 6.45) is 3.60. The van der Waals surface area contributed by atoms with E-state index in [2.05, 4.69) is 20.2 Å². The molecule has 1 aliphatic rings. The van der Waals surface area contributed by atoms with Crippen molar-refractivity contribution < 1.29 is 14.6 Å². The third kappa shape index (κ3) is 2.34. The molecule has 1 amide bonds. The Kier molecular flexibility index (Phi) is 3.47. The molecule has 0 fully saturated rings. The molecule has 2 N–H and O–H groups in total. The number of rotatable bonds is 3. The maximum atomic E-state index is 12.7. The number of nitrogens with zero attached hydrogens (tertiary/aromatic N) is 4. The molecule has 3 aromatic rings. The molecule has 25 heavy (non-hydrogen) atoms. The summed E-state index contributed by atoms with van der Waals surface area (Å²) >= 11 is 0. The average molecular weight is 337 g/mol. The van der Waals surface area contributed by atoms with Gasteiger partial charge >= 0.3 is 0 Å². The highest BCUT2D eigenvalue weighted by atomic mass is 16.5. The van der Waals surface area contributed by atoms with Gasteiger partial charge in [0.2, 0.25) is 0 Å². The van der Waals surface area contributed by atoms with Crippen LogP contribution in [0.4, 0.5) is 5.82 Å². The van der Waals surface area contributed by atoms with Gasteiger partial charge in [-0.15, -0.1) is 0 Å². The van der Waals surface area contributed by atoms with Gasteiger partial charge in [-0.3, -0.25) is 19.8 Å². The standard InChI is InChI=1S/C17H15N5O3/c1-9-5-12(10-6-11(25-2)8-18-7-10)20-15-14(9)16(23)22(17(15)24)13-3-4-19-21-13/h3-8,17,24H,1-2H3,(H,19,21). The van der Waals surface area contributed by atoms with Gasteiger partial charge in [0.25, 0.3) is 5.91 Å². The van der Waals surface area contributed by atoms with Crippen LogP contribution in [0.3, 0.4) is 0 Å². The van der Waals surface area contributed by atoms with E-state index in [0.29, 0.717) is 28.5 Å². The van der Waals surface area contributed by atoms with Crippen LogP contribution in [-0.2, 0) is 0 Å². The van der Waals surface area contributed by atoms with Crippen LogP contribution in [0.2, 0.25) is 0 Å². The first-order valence-corrected chi connectivity index (χ1v) is 7.62. The van der Waals surface area contributed by atoms with Crippen LogP contribution in [0.5, 0.6) is 5.75 Å². The third-order valence-electron chi connectivity index (χ3n) is 4.16. The van der Waals surface area contributed by atoms with Crippen molar-refractivity contribution in [3.05, 3.63) is 53.6 Å². The summed E-state index contributed by atoms with van der Waals surface area (Å²) in [5.41, 5.74) is 2.80. The topological polar surface area (TPSA) is 104 Å². The second-order valence-corrected chi connectivity index (χ2v) is 5.69. The van der Waals surface area contributed by atoms with Gasteiger partial charge in [-0.2, -0.15) is 5.10 Å². The molecular weight excluding hydrogens is 322 g/mol. The maximum absolute atomic E-state index is 12.7. The van der Waals surface area contributed by atoms with Crippen LogP contribution in [0.15, 0.2) is 36.8 Å². The number of H-pyrrole nitrogens is 1. The summed E-state index contributed by atoms with van der Waals surface area (Å²) in [5.74, 6) is 0.708. The summed E-state index contributed by atoms with van der Waals surface area (Å²) in [6, 6.07) is 5.22. The summed E-state index contributed by atoms with van der Waals surface area (Å²) < 4.78 is 5.19. The Morgan fingerprint density at radius 2 is 2.16 bits per heavy atom. The molecule has 4 rings (SSSR count). The molecule has 0 aromatic carbocycles. The number of carbonyl (C=O) groups is 1. The van der Waals surface area contributed by atoms with E-state index in [4.69, 9.17) is 4.74 Å². The van der Waals surface area contributed by atoms with E-state index < -0.39 is 6.23 Å². The Morgan fingerprint density at radius 3 is 2.88 bits per heavy atom. The van der Waals surface area contributed by atoms with Crippen molar-refractivity contribution in [3.8, 4) is 17.0 Å². The summed E-state index contributed by atoms with van der Waals surface area (Å²) in [5, 5.41) is 17.2. The fourth-order valence-corrected chi connectivity index (χ4v) is 2.96. The molecule has 0 saturated carbocycles. The Morgan fingerprint density at radius 1 is 1.32 bits per heavy atom. The van der Waals surface area contributed by atoms with Crippen molar-refractivity contribution in [1.29, 1.82) is 0 Å². The lowest BCUT2D eigenvalue weighted by Crippen LogP contribution is -2.28. The first-order chi connectivity index (χ1) is 12.1. The van der Waals surface area contributed by atoms with Gasteiger partial charge in [-0.05, 0) is 24.6 Å². The summed E-state index contributed by atoms with van der Waals surface area (Å²) in [4.78, 5) is 22.6. The molecule has 3 aromatic heterocycles. The fraction of sp³-hybridized carbons (Fsp3) is 0.176. The molecule has 0 bridgehead atoms. The molecule has 0 aliphatic carbocycles. The fourth-order valence-electron chi connectivity index (χ4n) is 2.96. The molecule has 4 heterocycles. The molecule has 8 nitrogen and oxygen atoms in total. The van der Waals surface area contributed by atoms with Crippen LogP contribution >= 0.6 is 0 Å². The zero-order chi connectivity index (χ0) is 17.6. The van der Waals surface area contributed by atoms with E-state index >= 15 is 0 Å². The number of ether oxygens (including phenoxy) is 1. The van der Waals surface area contributed by atoms with Gasteiger partial charge in [-0.25, -0.2) is 4.98 Å². The van der Waals surface area contributed by atoms with Crippen molar-refractivity contribution in [2.75, 3.05) is 12.0 Å². The van der Waals surface area contributed by atoms with E-state index in [9.17, 15) is 9.90 Å². The Balaban J connectivity index is 1.82. The number of aryl methyl sites for hydroxylation is 1. The molecule has 0 radical (unpaired) electrons. The van der Waals surface area contributed by atoms with Gasteiger partial charge in [0.15, 0.2) is 6.23 Å². The average Bonchev–Trinajstić information content (AvgIpc) is 3.22. The quantitative estimate of drug-likeness (QED) is 0.756. The van der Waals surface area contributed by atoms with Gasteiger partial charge in [0.05, 0.1) is 30.8 Å². The smallest absolute Gasteiger partial charge is 0.264 e. The van der Waals surface area contributed by atoms with Crippen molar-refractivity contribution in [2.45, 2.75) is 13.2 Å². The highest BCUT2D eigenvalue weighted by Crippen LogP contribution is 2.37. The van der Waals surface area contributed by atoms with Crippen LogP contribution < -0.4 is 9.64 Å². The molecule has 1 unspecified atom stereocenters. The normalized spacial score (nSPS) is 16.2. The molecule has 0 spiro atoms. The molecule has 1 aliphatic heterocycles. The number of nitrogens with one attached hydrogen (secondary N) is 1. The van der Waals surface area contributed by atoms with Crippen molar-refractivity contribution in [1.82, 2.24) is 20.2 Å². The minimum atomic E-state index is -1.18. The van der Waals surface area contributed by atoms with Crippen molar-refractivity contribution >= 4 is 11.7 Å². The van der Waals surface area contributed by atoms with Crippen LogP contribution in [0, 0.1) is 6.92 Å². The SMILES string of the molecule is COc1cncc(-c2cc(C)c3c(n2)C(O)N(c2ccn[nH]2)C3=O)c1. The van der Waals surface area contributed by atoms with Gasteiger partial charge in [0.1, 0.15) is 17.3 Å². The number of fused-ring (bicyclic) bond motifs is 1. The number of hydrogen-bond acceptors (Lipinski definition) is 6. The van der Waals surface area contributed by atoms with E-state index in [0.717, 1.165) is 11.1 Å². The van der Waals surface area contributed by atoms with E-state index in [-0.39, 0.29) is 5.91 Å². The highest BCUT2D eigenvalue weighted by Gasteiger charge is 2.40. The second-order valence-electron chi connectivity index (χ2n) is 5.69. The lowest BCUT2D eigenvalue weighted by atomic mass is 10.0. The second kappa shape index (κ2) is 5.67. The third-order valence-corrected chi connectivity index (χ3v) is 4.16. The van der Waals surface area contributed by atoms with Crippen molar-refractivity contribution in [3.63, 3.8) is 0 Å². The monoisotopic (exact) mass is 337 g/mol. The predicted octanol–water partition coefficient (Wildman–Crippen LogP) is 1.84. The number of aromatic amines is 1. The Bertz CT molecular complexity index is 955. The number of carbonyl (C=O) groups excluding carboxylic acids is 1. The van der Waals surface area contributed by atoms with Crippen LogP contribution in [0.25, 0.3) is 11.3 Å². The lowest BCUT2D eigenvalue weighted by molar-refractivity contribution is 0.0931. The first kappa shape index (κ1) is 15.3. The number of aromatic nitrogens is 4. The van der Waals surface area contributed by atoms with Gasteiger partial charge in [-0.1, -0.05) is 0 Å². The Hall–Kier alpha value is -3.26. The number of anilines is 1. The number of hydrogen-bond donors (Lipinski definition) is 2. The number of aliphatic hydroxyl groups is 1. The first-order valence-electron chi connectivity index (χ1n) is 7.62. The number of pyridine rings is 2. The summed E-state index contributed by atoms with van der Waals surface area (Å²) in [6.45, 7) is 1.82.